The summed E-state index contributed by atoms with van der Waals surface area (Å²) in [7, 11) is 0. The highest BCUT2D eigenvalue weighted by atomic mass is 16.3. The van der Waals surface area contributed by atoms with Gasteiger partial charge in [-0.1, -0.05) is 127 Å². The maximum Gasteiger partial charge on any atom is 0.159 e. The smallest absolute Gasteiger partial charge is 0.159 e. The molecule has 0 bridgehead atoms. The minimum Gasteiger partial charge on any atom is -0.456 e. The fourth-order valence-electron chi connectivity index (χ4n) is 8.61. The predicted molar refractivity (Wildman–Crippen MR) is 231 cm³/mol. The lowest BCUT2D eigenvalue weighted by molar-refractivity contribution is 0.665. The quantitative estimate of drug-likeness (QED) is 0.178. The molecule has 9 aromatic carbocycles. The van der Waals surface area contributed by atoms with E-state index in [2.05, 4.69) is 181 Å². The Balaban J connectivity index is 1.01. The Kier molecular flexibility index (Phi) is 6.60. The van der Waals surface area contributed by atoms with Crippen LogP contribution in [0.15, 0.2) is 201 Å². The zero-order chi connectivity index (χ0) is 36.7. The molecule has 0 radical (unpaired) electrons. The summed E-state index contributed by atoms with van der Waals surface area (Å²) in [6, 6.07) is 66.0. The SMILES string of the molecule is c1ccc(N(c2ccc3ccccc3c2)c2cccc3c2oc2c(-c4cccc5c4oc4ccc(-c6ccc7c(c6)oc6ccccc67)cc45)cccc23)cc1. The van der Waals surface area contributed by atoms with Gasteiger partial charge in [0.05, 0.1) is 5.69 Å². The van der Waals surface area contributed by atoms with E-state index in [4.69, 9.17) is 13.3 Å². The summed E-state index contributed by atoms with van der Waals surface area (Å²) in [5, 5.41) is 8.89. The summed E-state index contributed by atoms with van der Waals surface area (Å²) in [6.07, 6.45) is 0. The minimum atomic E-state index is 0.828. The number of fused-ring (bicyclic) bond motifs is 10. The van der Waals surface area contributed by atoms with Gasteiger partial charge in [0.25, 0.3) is 0 Å². The van der Waals surface area contributed by atoms with Crippen LogP contribution in [0.4, 0.5) is 17.1 Å². The van der Waals surface area contributed by atoms with Gasteiger partial charge < -0.3 is 18.2 Å². The van der Waals surface area contributed by atoms with Crippen molar-refractivity contribution >= 4 is 93.7 Å². The fraction of sp³-hybridized carbons (Fsp3) is 0. The molecule has 0 atom stereocenters. The van der Waals surface area contributed by atoms with Crippen LogP contribution >= 0.6 is 0 Å². The number of benzene rings is 9. The molecular weight excluding hydrogens is 687 g/mol. The Hall–Kier alpha value is -7.56. The molecule has 4 nitrogen and oxygen atoms in total. The maximum absolute atomic E-state index is 7.05. The van der Waals surface area contributed by atoms with Crippen molar-refractivity contribution < 1.29 is 13.3 Å². The van der Waals surface area contributed by atoms with Gasteiger partial charge in [0, 0.05) is 54.8 Å². The van der Waals surface area contributed by atoms with Gasteiger partial charge >= 0.3 is 0 Å². The van der Waals surface area contributed by atoms with Crippen molar-refractivity contribution in [1.29, 1.82) is 0 Å². The highest BCUT2D eigenvalue weighted by molar-refractivity contribution is 6.17. The molecule has 3 heterocycles. The van der Waals surface area contributed by atoms with Crippen LogP contribution < -0.4 is 4.90 Å². The minimum absolute atomic E-state index is 0.828. The van der Waals surface area contributed by atoms with Crippen molar-refractivity contribution in [2.24, 2.45) is 0 Å². The van der Waals surface area contributed by atoms with Gasteiger partial charge in [0.15, 0.2) is 5.58 Å². The van der Waals surface area contributed by atoms with Gasteiger partial charge in [0.1, 0.15) is 27.9 Å². The molecule has 3 aromatic heterocycles. The second-order valence-electron chi connectivity index (χ2n) is 14.4. The van der Waals surface area contributed by atoms with Crippen LogP contribution in [0.5, 0.6) is 0 Å². The van der Waals surface area contributed by atoms with E-state index in [1.807, 2.05) is 12.1 Å². The first-order chi connectivity index (χ1) is 27.7. The first kappa shape index (κ1) is 30.9. The molecule has 0 unspecified atom stereocenters. The maximum atomic E-state index is 7.05. The number of furan rings is 3. The van der Waals surface area contributed by atoms with Gasteiger partial charge in [-0.2, -0.15) is 0 Å². The van der Waals surface area contributed by atoms with Gasteiger partial charge in [-0.25, -0.2) is 0 Å². The Morgan fingerprint density at radius 2 is 0.929 bits per heavy atom. The molecule has 0 amide bonds. The van der Waals surface area contributed by atoms with Gasteiger partial charge in [-0.3, -0.25) is 0 Å². The van der Waals surface area contributed by atoms with E-state index in [1.54, 1.807) is 0 Å². The molecule has 0 aliphatic rings. The number of hydrogen-bond acceptors (Lipinski definition) is 4. The molecular formula is C52H31NO3. The number of hydrogen-bond donors (Lipinski definition) is 0. The van der Waals surface area contributed by atoms with Crippen LogP contribution in [-0.2, 0) is 0 Å². The summed E-state index contributed by atoms with van der Waals surface area (Å²) in [4.78, 5) is 2.29. The summed E-state index contributed by atoms with van der Waals surface area (Å²) < 4.78 is 20.0. The lowest BCUT2D eigenvalue weighted by Crippen LogP contribution is -2.10. The molecule has 0 fully saturated rings. The van der Waals surface area contributed by atoms with Crippen molar-refractivity contribution in [3.8, 4) is 22.3 Å². The third-order valence-electron chi connectivity index (χ3n) is 11.2. The molecule has 4 heteroatoms. The van der Waals surface area contributed by atoms with Crippen molar-refractivity contribution in [3.63, 3.8) is 0 Å². The number of anilines is 3. The van der Waals surface area contributed by atoms with E-state index in [-0.39, 0.29) is 0 Å². The largest absolute Gasteiger partial charge is 0.456 e. The fourth-order valence-corrected chi connectivity index (χ4v) is 8.61. The van der Waals surface area contributed by atoms with E-state index in [9.17, 15) is 0 Å². The zero-order valence-corrected chi connectivity index (χ0v) is 30.1. The van der Waals surface area contributed by atoms with Crippen molar-refractivity contribution in [2.45, 2.75) is 0 Å². The van der Waals surface area contributed by atoms with Crippen molar-refractivity contribution in [2.75, 3.05) is 4.90 Å². The first-order valence-electron chi connectivity index (χ1n) is 18.9. The van der Waals surface area contributed by atoms with E-state index in [0.717, 1.165) is 105 Å². The van der Waals surface area contributed by atoms with Gasteiger partial charge in [0.2, 0.25) is 0 Å². The highest BCUT2D eigenvalue weighted by Gasteiger charge is 2.22. The lowest BCUT2D eigenvalue weighted by Gasteiger charge is -2.25. The molecule has 0 aliphatic carbocycles. The second-order valence-corrected chi connectivity index (χ2v) is 14.4. The molecule has 0 spiro atoms. The van der Waals surface area contributed by atoms with E-state index in [1.165, 1.54) is 10.8 Å². The van der Waals surface area contributed by atoms with Gasteiger partial charge in [-0.15, -0.1) is 0 Å². The van der Waals surface area contributed by atoms with Crippen LogP contribution in [-0.4, -0.2) is 0 Å². The van der Waals surface area contributed by atoms with Crippen LogP contribution in [0.1, 0.15) is 0 Å². The number of para-hydroxylation sites is 5. The second kappa shape index (κ2) is 12.0. The van der Waals surface area contributed by atoms with Gasteiger partial charge in [-0.05, 0) is 82.6 Å². The standard InChI is InChI=1S/C52H31NO3/c1-2-13-36(14-3-1)53(37-26-23-32-11-4-5-12-33(32)29-37)46-21-10-20-43-42-18-8-17-41(51(42)56-52(43)46)40-16-9-19-44-45-30-34(25-28-48(45)55-50(40)44)35-24-27-39-38-15-6-7-22-47(38)54-49(39)31-35/h1-31H. The summed E-state index contributed by atoms with van der Waals surface area (Å²) in [6.45, 7) is 0. The molecule has 262 valence electrons. The molecule has 56 heavy (non-hydrogen) atoms. The molecule has 12 aromatic rings. The van der Waals surface area contributed by atoms with E-state index >= 15 is 0 Å². The Labute approximate surface area is 321 Å². The third-order valence-corrected chi connectivity index (χ3v) is 11.2. The summed E-state index contributed by atoms with van der Waals surface area (Å²) in [5.41, 5.74) is 12.4. The first-order valence-corrected chi connectivity index (χ1v) is 18.9. The van der Waals surface area contributed by atoms with E-state index in [0.29, 0.717) is 0 Å². The molecule has 0 saturated carbocycles. The topological polar surface area (TPSA) is 42.7 Å². The van der Waals surface area contributed by atoms with Crippen LogP contribution in [0, 0.1) is 0 Å². The van der Waals surface area contributed by atoms with Crippen LogP contribution in [0.25, 0.3) is 98.8 Å². The molecule has 12 rings (SSSR count). The van der Waals surface area contributed by atoms with E-state index < -0.39 is 0 Å². The van der Waals surface area contributed by atoms with Crippen molar-refractivity contribution in [3.05, 3.63) is 188 Å². The lowest BCUT2D eigenvalue weighted by atomic mass is 9.98. The Morgan fingerprint density at radius 1 is 0.304 bits per heavy atom. The summed E-state index contributed by atoms with van der Waals surface area (Å²) in [5.74, 6) is 0. The zero-order valence-electron chi connectivity index (χ0n) is 30.1. The predicted octanol–water partition coefficient (Wildman–Crippen LogP) is 15.3. The monoisotopic (exact) mass is 717 g/mol. The highest BCUT2D eigenvalue weighted by Crippen LogP contribution is 2.46. The molecule has 0 saturated heterocycles. The molecule has 0 aliphatic heterocycles. The van der Waals surface area contributed by atoms with Crippen LogP contribution in [0.2, 0.25) is 0 Å². The molecule has 0 N–H and O–H groups in total. The number of rotatable bonds is 5. The van der Waals surface area contributed by atoms with Crippen LogP contribution in [0.3, 0.4) is 0 Å². The Bertz CT molecular complexity index is 3500. The average molecular weight is 718 g/mol. The third kappa shape index (κ3) is 4.66. The number of nitrogens with zero attached hydrogens (tertiary/aromatic N) is 1. The van der Waals surface area contributed by atoms with Crippen molar-refractivity contribution in [1.82, 2.24) is 0 Å². The normalized spacial score (nSPS) is 11.9. The Morgan fingerprint density at radius 3 is 1.79 bits per heavy atom. The summed E-state index contributed by atoms with van der Waals surface area (Å²) >= 11 is 0. The average Bonchev–Trinajstić information content (AvgIpc) is 3.95.